The zero-order valence-electron chi connectivity index (χ0n) is 11.0. The molecule has 2 N–H and O–H groups in total. The molecule has 1 aromatic rings. The number of carbonyl (C=O) groups is 2. The third kappa shape index (κ3) is 2.66. The van der Waals surface area contributed by atoms with Gasteiger partial charge in [0, 0.05) is 12.8 Å². The van der Waals surface area contributed by atoms with Gasteiger partial charge in [-0.05, 0) is 17.7 Å². The van der Waals surface area contributed by atoms with E-state index in [1.54, 1.807) is 26.0 Å². The summed E-state index contributed by atoms with van der Waals surface area (Å²) in [5, 5.41) is 0. The molecule has 4 nitrogen and oxygen atoms in total. The van der Waals surface area contributed by atoms with Crippen LogP contribution >= 0.6 is 12.2 Å². The van der Waals surface area contributed by atoms with E-state index in [0.29, 0.717) is 17.1 Å². The van der Waals surface area contributed by atoms with E-state index < -0.39 is 5.41 Å². The van der Waals surface area contributed by atoms with Crippen LogP contribution in [0.15, 0.2) is 24.3 Å². The fourth-order valence-corrected chi connectivity index (χ4v) is 2.34. The first kappa shape index (κ1) is 13.7. The van der Waals surface area contributed by atoms with Crippen LogP contribution in [0.25, 0.3) is 0 Å². The standard InChI is InChI=1S/C14H16N2O2S/c1-14(2)8-12(17)16(13(14)18)10-5-3-9(4-6-10)7-11(15)19/h3-6H,7-8H2,1-2H3,(H2,15,19). The van der Waals surface area contributed by atoms with E-state index in [-0.39, 0.29) is 18.2 Å². The van der Waals surface area contributed by atoms with Crippen molar-refractivity contribution in [1.82, 2.24) is 0 Å². The van der Waals surface area contributed by atoms with Crippen LogP contribution in [0.1, 0.15) is 25.8 Å². The molecule has 0 radical (unpaired) electrons. The highest BCUT2D eigenvalue weighted by Crippen LogP contribution is 2.34. The number of benzene rings is 1. The Labute approximate surface area is 117 Å². The van der Waals surface area contributed by atoms with Crippen molar-refractivity contribution in [1.29, 1.82) is 0 Å². The summed E-state index contributed by atoms with van der Waals surface area (Å²) in [5.74, 6) is -0.309. The molecule has 0 spiro atoms. The molecule has 19 heavy (non-hydrogen) atoms. The minimum atomic E-state index is -0.616. The highest BCUT2D eigenvalue weighted by atomic mass is 32.1. The van der Waals surface area contributed by atoms with Crippen LogP contribution in [-0.4, -0.2) is 16.8 Å². The van der Waals surface area contributed by atoms with Gasteiger partial charge < -0.3 is 5.73 Å². The van der Waals surface area contributed by atoms with Crippen molar-refractivity contribution in [2.45, 2.75) is 26.7 Å². The van der Waals surface area contributed by atoms with Crippen LogP contribution < -0.4 is 10.6 Å². The highest BCUT2D eigenvalue weighted by Gasteiger charge is 2.45. The number of anilines is 1. The molecule has 1 fully saturated rings. The van der Waals surface area contributed by atoms with Crippen molar-refractivity contribution < 1.29 is 9.59 Å². The van der Waals surface area contributed by atoms with Crippen molar-refractivity contribution in [2.75, 3.05) is 4.90 Å². The second kappa shape index (κ2) is 4.74. The van der Waals surface area contributed by atoms with Gasteiger partial charge in [0.15, 0.2) is 0 Å². The number of amides is 2. The average molecular weight is 276 g/mol. The SMILES string of the molecule is CC1(C)CC(=O)N(c2ccc(CC(N)=S)cc2)C1=O. The first-order chi connectivity index (χ1) is 8.81. The van der Waals surface area contributed by atoms with Gasteiger partial charge in [0.05, 0.1) is 16.1 Å². The lowest BCUT2D eigenvalue weighted by Crippen LogP contribution is -2.32. The lowest BCUT2D eigenvalue weighted by atomic mass is 9.92. The van der Waals surface area contributed by atoms with Crippen LogP contribution in [0.5, 0.6) is 0 Å². The van der Waals surface area contributed by atoms with E-state index >= 15 is 0 Å². The fraction of sp³-hybridized carbons (Fsp3) is 0.357. The first-order valence-electron chi connectivity index (χ1n) is 6.06. The van der Waals surface area contributed by atoms with Crippen molar-refractivity contribution in [3.63, 3.8) is 0 Å². The van der Waals surface area contributed by atoms with Gasteiger partial charge in [0.1, 0.15) is 0 Å². The lowest BCUT2D eigenvalue weighted by molar-refractivity contribution is -0.124. The maximum atomic E-state index is 12.2. The van der Waals surface area contributed by atoms with Crippen LogP contribution in [-0.2, 0) is 16.0 Å². The summed E-state index contributed by atoms with van der Waals surface area (Å²) in [7, 11) is 0. The van der Waals surface area contributed by atoms with Gasteiger partial charge in [0.2, 0.25) is 11.8 Å². The molecule has 0 saturated carbocycles. The first-order valence-corrected chi connectivity index (χ1v) is 6.47. The van der Waals surface area contributed by atoms with Crippen molar-refractivity contribution in [3.8, 4) is 0 Å². The summed E-state index contributed by atoms with van der Waals surface area (Å²) in [6.45, 7) is 3.57. The van der Waals surface area contributed by atoms with Gasteiger partial charge in [-0.25, -0.2) is 0 Å². The van der Waals surface area contributed by atoms with Crippen LogP contribution in [0.4, 0.5) is 5.69 Å². The Bertz CT molecular complexity index is 549. The molecular formula is C14H16N2O2S. The minimum absolute atomic E-state index is 0.153. The minimum Gasteiger partial charge on any atom is -0.393 e. The maximum Gasteiger partial charge on any atom is 0.239 e. The number of hydrogen-bond donors (Lipinski definition) is 1. The van der Waals surface area contributed by atoms with Crippen LogP contribution in [0.3, 0.4) is 0 Å². The Morgan fingerprint density at radius 1 is 1.32 bits per heavy atom. The van der Waals surface area contributed by atoms with E-state index in [4.69, 9.17) is 18.0 Å². The van der Waals surface area contributed by atoms with Crippen LogP contribution in [0.2, 0.25) is 0 Å². The quantitative estimate of drug-likeness (QED) is 0.675. The molecule has 0 atom stereocenters. The number of rotatable bonds is 3. The van der Waals surface area contributed by atoms with Gasteiger partial charge in [-0.1, -0.05) is 38.2 Å². The summed E-state index contributed by atoms with van der Waals surface area (Å²) < 4.78 is 0. The summed E-state index contributed by atoms with van der Waals surface area (Å²) in [6.07, 6.45) is 0.767. The molecule has 2 rings (SSSR count). The van der Waals surface area contributed by atoms with Gasteiger partial charge in [-0.15, -0.1) is 0 Å². The molecular weight excluding hydrogens is 260 g/mol. The molecule has 1 aliphatic heterocycles. The molecule has 5 heteroatoms. The van der Waals surface area contributed by atoms with Gasteiger partial charge >= 0.3 is 0 Å². The topological polar surface area (TPSA) is 63.4 Å². The Morgan fingerprint density at radius 3 is 2.32 bits per heavy atom. The average Bonchev–Trinajstić information content (AvgIpc) is 2.49. The molecule has 0 aliphatic carbocycles. The van der Waals surface area contributed by atoms with Crippen molar-refractivity contribution in [2.24, 2.45) is 11.1 Å². The predicted molar refractivity (Wildman–Crippen MR) is 77.8 cm³/mol. The van der Waals surface area contributed by atoms with Gasteiger partial charge in [-0.2, -0.15) is 0 Å². The van der Waals surface area contributed by atoms with E-state index in [1.165, 1.54) is 4.90 Å². The molecule has 1 aliphatic rings. The molecule has 1 saturated heterocycles. The smallest absolute Gasteiger partial charge is 0.239 e. The monoisotopic (exact) mass is 276 g/mol. The Hall–Kier alpha value is -1.75. The molecule has 1 heterocycles. The summed E-state index contributed by atoms with van der Waals surface area (Å²) in [5.41, 5.74) is 6.43. The zero-order chi connectivity index (χ0) is 14.2. The number of nitrogens with two attached hydrogens (primary N) is 1. The third-order valence-electron chi connectivity index (χ3n) is 3.20. The third-order valence-corrected chi connectivity index (χ3v) is 3.34. The largest absolute Gasteiger partial charge is 0.393 e. The lowest BCUT2D eigenvalue weighted by Gasteiger charge is -2.18. The summed E-state index contributed by atoms with van der Waals surface area (Å²) >= 11 is 4.84. The number of nitrogens with zero attached hydrogens (tertiary/aromatic N) is 1. The van der Waals surface area contributed by atoms with Gasteiger partial charge in [0.25, 0.3) is 0 Å². The number of hydrogen-bond acceptors (Lipinski definition) is 3. The van der Waals surface area contributed by atoms with E-state index in [9.17, 15) is 9.59 Å². The van der Waals surface area contributed by atoms with Crippen molar-refractivity contribution in [3.05, 3.63) is 29.8 Å². The maximum absolute atomic E-state index is 12.2. The molecule has 0 bridgehead atoms. The second-order valence-corrected chi connectivity index (χ2v) is 5.93. The Kier molecular flexibility index (Phi) is 3.41. The van der Waals surface area contributed by atoms with E-state index in [1.807, 2.05) is 12.1 Å². The molecule has 1 aromatic carbocycles. The summed E-state index contributed by atoms with van der Waals surface area (Å²) in [6, 6.07) is 7.18. The van der Waals surface area contributed by atoms with Gasteiger partial charge in [-0.3, -0.25) is 14.5 Å². The normalized spacial score (nSPS) is 17.9. The number of imide groups is 1. The molecule has 2 amide bonds. The Balaban J connectivity index is 2.26. The fourth-order valence-electron chi connectivity index (χ4n) is 2.17. The molecule has 0 unspecified atom stereocenters. The predicted octanol–water partition coefficient (Wildman–Crippen LogP) is 1.80. The Morgan fingerprint density at radius 2 is 1.89 bits per heavy atom. The number of thiocarbonyl (C=S) groups is 1. The molecule has 0 aromatic heterocycles. The van der Waals surface area contributed by atoms with Crippen LogP contribution in [0, 0.1) is 5.41 Å². The van der Waals surface area contributed by atoms with E-state index in [2.05, 4.69) is 0 Å². The summed E-state index contributed by atoms with van der Waals surface area (Å²) in [4.78, 5) is 25.8. The molecule has 100 valence electrons. The highest BCUT2D eigenvalue weighted by molar-refractivity contribution is 7.80. The van der Waals surface area contributed by atoms with E-state index in [0.717, 1.165) is 5.56 Å². The van der Waals surface area contributed by atoms with Crippen molar-refractivity contribution >= 4 is 34.7 Å². The number of carbonyl (C=O) groups excluding carboxylic acids is 2. The second-order valence-electron chi connectivity index (χ2n) is 5.40. The zero-order valence-corrected chi connectivity index (χ0v) is 11.8.